The summed E-state index contributed by atoms with van der Waals surface area (Å²) >= 11 is 1.29. The van der Waals surface area contributed by atoms with Crippen molar-refractivity contribution < 1.29 is 14.0 Å². The van der Waals surface area contributed by atoms with Crippen molar-refractivity contribution in [3.05, 3.63) is 35.2 Å². The number of aromatic nitrogens is 1. The third-order valence-corrected chi connectivity index (χ3v) is 5.32. The van der Waals surface area contributed by atoms with Crippen LogP contribution in [0, 0.1) is 5.41 Å². The van der Waals surface area contributed by atoms with Gasteiger partial charge in [-0.15, -0.1) is 36.2 Å². The molecule has 7 nitrogen and oxygen atoms in total. The largest absolute Gasteiger partial charge is 0.459 e. The van der Waals surface area contributed by atoms with Crippen molar-refractivity contribution in [1.29, 1.82) is 0 Å². The number of likely N-dealkylation sites (tertiary alicyclic amines) is 1. The number of furan rings is 1. The number of nitrogens with zero attached hydrogens (tertiary/aromatic N) is 2. The first-order valence-electron chi connectivity index (χ1n) is 8.18. The van der Waals surface area contributed by atoms with Crippen LogP contribution in [-0.2, 0) is 11.2 Å². The maximum Gasteiger partial charge on any atom is 0.293 e. The molecule has 0 spiro atoms. The molecule has 0 aliphatic carbocycles. The van der Waals surface area contributed by atoms with Crippen LogP contribution in [0.25, 0.3) is 0 Å². The molecule has 1 unspecified atom stereocenters. The zero-order valence-electron chi connectivity index (χ0n) is 15.1. The van der Waals surface area contributed by atoms with Gasteiger partial charge in [0.25, 0.3) is 5.91 Å². The number of halogens is 2. The molecule has 10 heteroatoms. The van der Waals surface area contributed by atoms with Crippen LogP contribution in [0.2, 0.25) is 0 Å². The van der Waals surface area contributed by atoms with Crippen molar-refractivity contribution in [2.45, 2.75) is 32.7 Å². The number of rotatable bonds is 4. The molecule has 2 aromatic heterocycles. The topological polar surface area (TPSA) is 101 Å². The van der Waals surface area contributed by atoms with Crippen LogP contribution in [0.1, 0.15) is 36.5 Å². The van der Waals surface area contributed by atoms with Gasteiger partial charge in [-0.2, -0.15) is 0 Å². The van der Waals surface area contributed by atoms with Gasteiger partial charge in [-0.25, -0.2) is 4.98 Å². The lowest BCUT2D eigenvalue weighted by Gasteiger charge is -2.42. The van der Waals surface area contributed by atoms with Gasteiger partial charge in [-0.05, 0) is 24.0 Å². The number of thiazole rings is 1. The van der Waals surface area contributed by atoms with E-state index < -0.39 is 0 Å². The van der Waals surface area contributed by atoms with Crippen LogP contribution in [0.5, 0.6) is 0 Å². The Morgan fingerprint density at radius 1 is 1.44 bits per heavy atom. The van der Waals surface area contributed by atoms with Gasteiger partial charge in [0.2, 0.25) is 5.91 Å². The third-order valence-electron chi connectivity index (χ3n) is 4.51. The lowest BCUT2D eigenvalue weighted by molar-refractivity contribution is -0.133. The molecule has 2 aromatic rings. The highest BCUT2D eigenvalue weighted by Gasteiger charge is 2.35. The van der Waals surface area contributed by atoms with Crippen molar-refractivity contribution >= 4 is 53.1 Å². The van der Waals surface area contributed by atoms with E-state index in [1.54, 1.807) is 17.5 Å². The SMILES string of the molecule is CC1(C)CN(C(=O)Cc2csc(NC(=O)c3ccco3)n2)CCC1N.Cl.Cl. The van der Waals surface area contributed by atoms with Gasteiger partial charge in [-0.3, -0.25) is 14.9 Å². The molecule has 1 atom stereocenters. The highest BCUT2D eigenvalue weighted by atomic mass is 35.5. The van der Waals surface area contributed by atoms with E-state index in [-0.39, 0.29) is 60.3 Å². The van der Waals surface area contributed by atoms with Gasteiger partial charge in [-0.1, -0.05) is 13.8 Å². The first-order chi connectivity index (χ1) is 11.8. The van der Waals surface area contributed by atoms with Crippen LogP contribution >= 0.6 is 36.2 Å². The van der Waals surface area contributed by atoms with E-state index in [9.17, 15) is 9.59 Å². The fourth-order valence-corrected chi connectivity index (χ4v) is 3.57. The van der Waals surface area contributed by atoms with Crippen LogP contribution in [-0.4, -0.2) is 40.8 Å². The van der Waals surface area contributed by atoms with Crippen molar-refractivity contribution in [3.63, 3.8) is 0 Å². The zero-order chi connectivity index (χ0) is 18.0. The number of carbonyl (C=O) groups excluding carboxylic acids is 2. The van der Waals surface area contributed by atoms with Gasteiger partial charge in [0, 0.05) is 24.5 Å². The van der Waals surface area contributed by atoms with Crippen molar-refractivity contribution in [2.24, 2.45) is 11.1 Å². The van der Waals surface area contributed by atoms with E-state index in [4.69, 9.17) is 10.2 Å². The van der Waals surface area contributed by atoms with E-state index in [0.29, 0.717) is 23.9 Å². The summed E-state index contributed by atoms with van der Waals surface area (Å²) in [5, 5.41) is 4.91. The van der Waals surface area contributed by atoms with E-state index in [1.807, 2.05) is 4.90 Å². The lowest BCUT2D eigenvalue weighted by Crippen LogP contribution is -2.54. The Kier molecular flexibility index (Phi) is 8.28. The summed E-state index contributed by atoms with van der Waals surface area (Å²) in [4.78, 5) is 30.6. The first kappa shape index (κ1) is 23.4. The normalized spacial score (nSPS) is 18.2. The van der Waals surface area contributed by atoms with Crippen molar-refractivity contribution in [1.82, 2.24) is 9.88 Å². The Hall–Kier alpha value is -1.61. The number of amides is 2. The third kappa shape index (κ3) is 5.68. The number of piperidine rings is 1. The van der Waals surface area contributed by atoms with Gasteiger partial charge in [0.1, 0.15) is 0 Å². The van der Waals surface area contributed by atoms with Crippen molar-refractivity contribution in [3.8, 4) is 0 Å². The monoisotopic (exact) mass is 434 g/mol. The maximum absolute atomic E-state index is 12.5. The Morgan fingerprint density at radius 3 is 2.81 bits per heavy atom. The minimum atomic E-state index is -0.357. The highest BCUT2D eigenvalue weighted by Crippen LogP contribution is 2.28. The van der Waals surface area contributed by atoms with Crippen LogP contribution in [0.4, 0.5) is 5.13 Å². The van der Waals surface area contributed by atoms with Gasteiger partial charge in [0.15, 0.2) is 10.9 Å². The molecule has 0 saturated carbocycles. The minimum Gasteiger partial charge on any atom is -0.459 e. The summed E-state index contributed by atoms with van der Waals surface area (Å²) in [7, 11) is 0. The molecule has 3 rings (SSSR count). The van der Waals surface area contributed by atoms with Gasteiger partial charge < -0.3 is 15.1 Å². The lowest BCUT2D eigenvalue weighted by atomic mass is 9.79. The highest BCUT2D eigenvalue weighted by molar-refractivity contribution is 7.14. The summed E-state index contributed by atoms with van der Waals surface area (Å²) in [5.74, 6) is -0.0992. The standard InChI is InChI=1S/C17H22N4O3S.2ClH/c1-17(2)10-21(6-5-13(17)18)14(22)8-11-9-25-16(19-11)20-15(23)12-4-3-7-24-12;;/h3-4,7,9,13H,5-6,8,10,18H2,1-2H3,(H,19,20,23);2*1H. The molecule has 27 heavy (non-hydrogen) atoms. The smallest absolute Gasteiger partial charge is 0.293 e. The number of nitrogens with two attached hydrogens (primary N) is 1. The number of hydrogen-bond donors (Lipinski definition) is 2. The first-order valence-corrected chi connectivity index (χ1v) is 9.06. The Bertz CT molecular complexity index is 764. The molecular weight excluding hydrogens is 411 g/mol. The Balaban J connectivity index is 0.00000182. The molecule has 1 aliphatic rings. The fraction of sp³-hybridized carbons (Fsp3) is 0.471. The van der Waals surface area contributed by atoms with E-state index >= 15 is 0 Å². The minimum absolute atomic E-state index is 0. The van der Waals surface area contributed by atoms with Crippen LogP contribution in [0.15, 0.2) is 28.2 Å². The number of carbonyl (C=O) groups is 2. The molecule has 0 aromatic carbocycles. The average molecular weight is 435 g/mol. The Labute approximate surface area is 174 Å². The average Bonchev–Trinajstić information content (AvgIpc) is 3.21. The molecule has 3 N–H and O–H groups in total. The molecule has 1 fully saturated rings. The molecule has 1 aliphatic heterocycles. The predicted octanol–water partition coefficient (Wildman–Crippen LogP) is 2.96. The molecule has 3 heterocycles. The molecule has 150 valence electrons. The number of anilines is 1. The number of nitrogens with one attached hydrogen (secondary N) is 1. The maximum atomic E-state index is 12.5. The summed E-state index contributed by atoms with van der Waals surface area (Å²) in [6, 6.07) is 3.34. The molecule has 1 saturated heterocycles. The number of hydrogen-bond acceptors (Lipinski definition) is 6. The summed E-state index contributed by atoms with van der Waals surface area (Å²) in [6.45, 7) is 5.50. The van der Waals surface area contributed by atoms with Gasteiger partial charge >= 0.3 is 0 Å². The second kappa shape index (κ2) is 9.54. The van der Waals surface area contributed by atoms with Gasteiger partial charge in [0.05, 0.1) is 18.4 Å². The summed E-state index contributed by atoms with van der Waals surface area (Å²) in [5.41, 5.74) is 6.69. The fourth-order valence-electron chi connectivity index (χ4n) is 2.87. The summed E-state index contributed by atoms with van der Waals surface area (Å²) in [6.07, 6.45) is 2.46. The van der Waals surface area contributed by atoms with E-state index in [1.165, 1.54) is 17.6 Å². The van der Waals surface area contributed by atoms with E-state index in [2.05, 4.69) is 24.1 Å². The van der Waals surface area contributed by atoms with Crippen LogP contribution < -0.4 is 11.1 Å². The van der Waals surface area contributed by atoms with Crippen LogP contribution in [0.3, 0.4) is 0 Å². The molecular formula is C17H24Cl2N4O3S. The Morgan fingerprint density at radius 2 is 2.19 bits per heavy atom. The van der Waals surface area contributed by atoms with Crippen molar-refractivity contribution in [2.75, 3.05) is 18.4 Å². The predicted molar refractivity (Wildman–Crippen MR) is 110 cm³/mol. The quantitative estimate of drug-likeness (QED) is 0.769. The zero-order valence-corrected chi connectivity index (χ0v) is 17.6. The second-order valence-electron chi connectivity index (χ2n) is 6.95. The second-order valence-corrected chi connectivity index (χ2v) is 7.81. The molecule has 0 radical (unpaired) electrons. The summed E-state index contributed by atoms with van der Waals surface area (Å²) < 4.78 is 5.04. The molecule has 0 bridgehead atoms. The molecule has 2 amide bonds. The van der Waals surface area contributed by atoms with E-state index in [0.717, 1.165) is 6.42 Å².